The molecule has 20 heavy (non-hydrogen) atoms. The van der Waals surface area contributed by atoms with Gasteiger partial charge in [0.05, 0.1) is 11.9 Å². The third-order valence-corrected chi connectivity index (χ3v) is 3.84. The van der Waals surface area contributed by atoms with Crippen molar-refractivity contribution in [3.8, 4) is 0 Å². The lowest BCUT2D eigenvalue weighted by molar-refractivity contribution is 0.803. The summed E-state index contributed by atoms with van der Waals surface area (Å²) in [6.07, 6.45) is 2.55. The minimum absolute atomic E-state index is 0.165. The smallest absolute Gasteiger partial charge is 0.285 e. The molecule has 5 nitrogen and oxygen atoms in total. The molecule has 0 amide bonds. The van der Waals surface area contributed by atoms with Crippen molar-refractivity contribution >= 4 is 23.0 Å². The highest BCUT2D eigenvalue weighted by atomic mass is 35.5. The van der Waals surface area contributed by atoms with Gasteiger partial charge >= 0.3 is 0 Å². The first-order chi connectivity index (χ1) is 9.74. The molecule has 1 unspecified atom stereocenters. The molecular formula is C14H15ClN4O. The summed E-state index contributed by atoms with van der Waals surface area (Å²) in [5, 5.41) is 9.54. The predicted octanol–water partition coefficient (Wildman–Crippen LogP) is 2.11. The van der Waals surface area contributed by atoms with E-state index in [-0.39, 0.29) is 16.6 Å². The van der Waals surface area contributed by atoms with Gasteiger partial charge in [-0.25, -0.2) is 5.10 Å². The molecule has 1 aliphatic heterocycles. The lowest BCUT2D eigenvalue weighted by atomic mass is 10.2. The Morgan fingerprint density at radius 2 is 2.15 bits per heavy atom. The molecule has 1 aliphatic rings. The van der Waals surface area contributed by atoms with Crippen LogP contribution in [0.2, 0.25) is 5.02 Å². The SMILES string of the molecule is O=c1[nH]ncc(NC2CCN(c3ccccc3)C2)c1Cl. The van der Waals surface area contributed by atoms with E-state index < -0.39 is 0 Å². The number of hydrogen-bond acceptors (Lipinski definition) is 4. The van der Waals surface area contributed by atoms with Crippen LogP contribution in [-0.2, 0) is 0 Å². The summed E-state index contributed by atoms with van der Waals surface area (Å²) in [5.74, 6) is 0. The molecule has 1 atom stereocenters. The minimum atomic E-state index is -0.366. The van der Waals surface area contributed by atoms with Gasteiger partial charge in [0.1, 0.15) is 5.02 Å². The number of benzene rings is 1. The van der Waals surface area contributed by atoms with E-state index >= 15 is 0 Å². The fraction of sp³-hybridized carbons (Fsp3) is 0.286. The van der Waals surface area contributed by atoms with E-state index in [0.717, 1.165) is 19.5 Å². The average Bonchev–Trinajstić information content (AvgIpc) is 2.93. The lowest BCUT2D eigenvalue weighted by Crippen LogP contribution is -2.26. The Morgan fingerprint density at radius 3 is 2.95 bits per heavy atom. The van der Waals surface area contributed by atoms with Crippen LogP contribution in [0.1, 0.15) is 6.42 Å². The van der Waals surface area contributed by atoms with Gasteiger partial charge in [-0.2, -0.15) is 5.10 Å². The van der Waals surface area contributed by atoms with Crippen molar-refractivity contribution in [1.29, 1.82) is 0 Å². The number of nitrogens with one attached hydrogen (secondary N) is 2. The lowest BCUT2D eigenvalue weighted by Gasteiger charge is -2.19. The van der Waals surface area contributed by atoms with Crippen molar-refractivity contribution in [2.45, 2.75) is 12.5 Å². The minimum Gasteiger partial charge on any atom is -0.378 e. The Balaban J connectivity index is 1.69. The molecule has 1 fully saturated rings. The molecule has 0 spiro atoms. The Labute approximate surface area is 121 Å². The third kappa shape index (κ3) is 2.63. The van der Waals surface area contributed by atoms with Gasteiger partial charge in [-0.05, 0) is 18.6 Å². The van der Waals surface area contributed by atoms with Crippen LogP contribution in [0.4, 0.5) is 11.4 Å². The Bertz CT molecular complexity index is 643. The molecule has 104 valence electrons. The number of anilines is 2. The summed E-state index contributed by atoms with van der Waals surface area (Å²) in [4.78, 5) is 13.7. The van der Waals surface area contributed by atoms with E-state index in [4.69, 9.17) is 11.6 Å². The third-order valence-electron chi connectivity index (χ3n) is 3.46. The number of rotatable bonds is 3. The summed E-state index contributed by atoms with van der Waals surface area (Å²) >= 11 is 5.97. The van der Waals surface area contributed by atoms with Crippen LogP contribution in [0.25, 0.3) is 0 Å². The Kier molecular flexibility index (Phi) is 3.60. The van der Waals surface area contributed by atoms with Crippen LogP contribution < -0.4 is 15.8 Å². The fourth-order valence-corrected chi connectivity index (χ4v) is 2.60. The highest BCUT2D eigenvalue weighted by Crippen LogP contribution is 2.23. The van der Waals surface area contributed by atoms with Crippen LogP contribution >= 0.6 is 11.6 Å². The number of aromatic nitrogens is 2. The van der Waals surface area contributed by atoms with Crippen molar-refractivity contribution in [3.63, 3.8) is 0 Å². The first kappa shape index (κ1) is 13.0. The van der Waals surface area contributed by atoms with E-state index in [1.165, 1.54) is 5.69 Å². The molecular weight excluding hydrogens is 276 g/mol. The maximum Gasteiger partial charge on any atom is 0.285 e. The van der Waals surface area contributed by atoms with E-state index in [1.807, 2.05) is 18.2 Å². The molecule has 1 saturated heterocycles. The number of H-pyrrole nitrogens is 1. The van der Waals surface area contributed by atoms with Gasteiger partial charge in [-0.3, -0.25) is 4.79 Å². The molecule has 1 aromatic carbocycles. The highest BCUT2D eigenvalue weighted by Gasteiger charge is 2.23. The van der Waals surface area contributed by atoms with Crippen LogP contribution in [0.3, 0.4) is 0 Å². The summed E-state index contributed by atoms with van der Waals surface area (Å²) in [6.45, 7) is 1.86. The standard InChI is InChI=1S/C14H15ClN4O/c15-13-12(8-16-18-14(13)20)17-10-6-7-19(9-10)11-4-2-1-3-5-11/h1-5,8,10H,6-7,9H2,(H2,17,18,20). The number of nitrogens with zero attached hydrogens (tertiary/aromatic N) is 2. The number of aromatic amines is 1. The van der Waals surface area contributed by atoms with E-state index in [1.54, 1.807) is 6.20 Å². The highest BCUT2D eigenvalue weighted by molar-refractivity contribution is 6.32. The summed E-state index contributed by atoms with van der Waals surface area (Å²) in [5.41, 5.74) is 1.44. The van der Waals surface area contributed by atoms with Crippen molar-refractivity contribution in [2.24, 2.45) is 0 Å². The average molecular weight is 291 g/mol. The predicted molar refractivity (Wildman–Crippen MR) is 80.6 cm³/mol. The maximum absolute atomic E-state index is 11.4. The molecule has 2 aromatic rings. The van der Waals surface area contributed by atoms with Gasteiger partial charge in [0.15, 0.2) is 0 Å². The quantitative estimate of drug-likeness (QED) is 0.909. The molecule has 6 heteroatoms. The van der Waals surface area contributed by atoms with Gasteiger partial charge in [0, 0.05) is 24.8 Å². The second kappa shape index (κ2) is 5.54. The van der Waals surface area contributed by atoms with Gasteiger partial charge in [-0.1, -0.05) is 29.8 Å². The zero-order valence-electron chi connectivity index (χ0n) is 10.8. The number of halogens is 1. The topological polar surface area (TPSA) is 61.0 Å². The van der Waals surface area contributed by atoms with Crippen LogP contribution in [0.5, 0.6) is 0 Å². The zero-order valence-corrected chi connectivity index (χ0v) is 11.6. The molecule has 1 aromatic heterocycles. The number of para-hydroxylation sites is 1. The fourth-order valence-electron chi connectivity index (χ4n) is 2.46. The second-order valence-electron chi connectivity index (χ2n) is 4.84. The van der Waals surface area contributed by atoms with Crippen LogP contribution in [-0.4, -0.2) is 29.3 Å². The maximum atomic E-state index is 11.4. The van der Waals surface area contributed by atoms with Gasteiger partial charge in [0.2, 0.25) is 0 Å². The molecule has 0 bridgehead atoms. The summed E-state index contributed by atoms with van der Waals surface area (Å²) in [7, 11) is 0. The van der Waals surface area contributed by atoms with Gasteiger partial charge in [0.25, 0.3) is 5.56 Å². The summed E-state index contributed by atoms with van der Waals surface area (Å²) in [6, 6.07) is 10.5. The molecule has 2 heterocycles. The van der Waals surface area contributed by atoms with Crippen molar-refractivity contribution in [1.82, 2.24) is 10.2 Å². The van der Waals surface area contributed by atoms with Gasteiger partial charge < -0.3 is 10.2 Å². The number of hydrogen-bond donors (Lipinski definition) is 2. The Morgan fingerprint density at radius 1 is 1.35 bits per heavy atom. The normalized spacial score (nSPS) is 18.2. The first-order valence-electron chi connectivity index (χ1n) is 6.54. The second-order valence-corrected chi connectivity index (χ2v) is 5.22. The molecule has 0 saturated carbocycles. The van der Waals surface area contributed by atoms with E-state index in [2.05, 4.69) is 32.5 Å². The molecule has 0 aliphatic carbocycles. The molecule has 2 N–H and O–H groups in total. The largest absolute Gasteiger partial charge is 0.378 e. The monoisotopic (exact) mass is 290 g/mol. The van der Waals surface area contributed by atoms with Gasteiger partial charge in [-0.15, -0.1) is 0 Å². The van der Waals surface area contributed by atoms with Crippen molar-refractivity contribution in [2.75, 3.05) is 23.3 Å². The van der Waals surface area contributed by atoms with Crippen molar-refractivity contribution in [3.05, 3.63) is 51.9 Å². The van der Waals surface area contributed by atoms with Crippen LogP contribution in [0.15, 0.2) is 41.3 Å². The molecule has 3 rings (SSSR count). The van der Waals surface area contributed by atoms with Crippen molar-refractivity contribution < 1.29 is 0 Å². The van der Waals surface area contributed by atoms with E-state index in [9.17, 15) is 4.79 Å². The summed E-state index contributed by atoms with van der Waals surface area (Å²) < 4.78 is 0. The zero-order chi connectivity index (χ0) is 13.9. The molecule has 0 radical (unpaired) electrons. The Hall–Kier alpha value is -2.01. The van der Waals surface area contributed by atoms with E-state index in [0.29, 0.717) is 5.69 Å². The first-order valence-corrected chi connectivity index (χ1v) is 6.91. The van der Waals surface area contributed by atoms with Crippen LogP contribution in [0, 0.1) is 0 Å².